The van der Waals surface area contributed by atoms with E-state index in [1.807, 2.05) is 24.5 Å². The number of hydrogen-bond donors (Lipinski definition) is 1. The van der Waals surface area contributed by atoms with Crippen molar-refractivity contribution in [2.24, 2.45) is 5.92 Å². The Morgan fingerprint density at radius 1 is 0.971 bits per heavy atom. The fourth-order valence-corrected chi connectivity index (χ4v) is 5.22. The summed E-state index contributed by atoms with van der Waals surface area (Å²) in [6.45, 7) is 6.72. The highest BCUT2D eigenvalue weighted by Crippen LogP contribution is 2.27. The predicted octanol–water partition coefficient (Wildman–Crippen LogP) is 4.67. The molecular weight excluding hydrogens is 424 g/mol. The number of ketones is 1. The second-order valence-corrected chi connectivity index (χ2v) is 10.1. The molecule has 3 aromatic rings. The molecule has 0 aromatic carbocycles. The molecule has 0 radical (unpaired) electrons. The van der Waals surface area contributed by atoms with Gasteiger partial charge < -0.3 is 10.2 Å². The highest BCUT2D eigenvalue weighted by atomic mass is 16.1. The minimum atomic E-state index is 0.216. The molecule has 1 aliphatic heterocycles. The summed E-state index contributed by atoms with van der Waals surface area (Å²) in [5.74, 6) is 1.33. The van der Waals surface area contributed by atoms with E-state index >= 15 is 0 Å². The zero-order chi connectivity index (χ0) is 23.5. The van der Waals surface area contributed by atoms with E-state index in [0.29, 0.717) is 24.3 Å². The van der Waals surface area contributed by atoms with Gasteiger partial charge in [-0.25, -0.2) is 4.98 Å². The van der Waals surface area contributed by atoms with Gasteiger partial charge >= 0.3 is 0 Å². The van der Waals surface area contributed by atoms with Crippen LogP contribution in [0.2, 0.25) is 0 Å². The van der Waals surface area contributed by atoms with Crippen molar-refractivity contribution in [3.63, 3.8) is 0 Å². The monoisotopic (exact) mass is 458 g/mol. The minimum absolute atomic E-state index is 0.216. The SMILES string of the molecule is CC(C)N1CCC(Nc2cncc(-c3cc4cc(CC(=O)C5CCCC5)ncc4cn3)n2)CC1. The first-order valence-corrected chi connectivity index (χ1v) is 12.7. The van der Waals surface area contributed by atoms with Crippen LogP contribution in [0.4, 0.5) is 5.82 Å². The van der Waals surface area contributed by atoms with E-state index in [0.717, 1.165) is 72.4 Å². The zero-order valence-corrected chi connectivity index (χ0v) is 20.2. The summed E-state index contributed by atoms with van der Waals surface area (Å²) in [4.78, 5) is 33.5. The largest absolute Gasteiger partial charge is 0.366 e. The molecule has 1 saturated heterocycles. The topological polar surface area (TPSA) is 83.9 Å². The lowest BCUT2D eigenvalue weighted by Gasteiger charge is -2.35. The van der Waals surface area contributed by atoms with Gasteiger partial charge in [0.25, 0.3) is 0 Å². The van der Waals surface area contributed by atoms with Crippen molar-refractivity contribution in [1.29, 1.82) is 0 Å². The van der Waals surface area contributed by atoms with Crippen molar-refractivity contribution >= 4 is 22.4 Å². The second kappa shape index (κ2) is 10.1. The fraction of sp³-hybridized carbons (Fsp3) is 0.519. The number of Topliss-reactive ketones (excluding diaryl/α,β-unsaturated/α-hetero) is 1. The number of carbonyl (C=O) groups excluding carboxylic acids is 1. The highest BCUT2D eigenvalue weighted by Gasteiger charge is 2.23. The number of pyridine rings is 2. The number of likely N-dealkylation sites (tertiary alicyclic amines) is 1. The number of anilines is 1. The van der Waals surface area contributed by atoms with Crippen molar-refractivity contribution in [3.8, 4) is 11.4 Å². The molecule has 0 bridgehead atoms. The van der Waals surface area contributed by atoms with Gasteiger partial charge in [0.15, 0.2) is 0 Å². The van der Waals surface area contributed by atoms with Crippen LogP contribution in [0.1, 0.15) is 58.1 Å². The Labute approximate surface area is 201 Å². The van der Waals surface area contributed by atoms with Gasteiger partial charge in [-0.15, -0.1) is 0 Å². The third-order valence-electron chi connectivity index (χ3n) is 7.33. The molecule has 4 heterocycles. The molecule has 3 aromatic heterocycles. The minimum Gasteiger partial charge on any atom is -0.366 e. The average Bonchev–Trinajstić information content (AvgIpc) is 3.39. The Morgan fingerprint density at radius 3 is 2.50 bits per heavy atom. The fourth-order valence-electron chi connectivity index (χ4n) is 5.22. The number of nitrogens with zero attached hydrogens (tertiary/aromatic N) is 5. The summed E-state index contributed by atoms with van der Waals surface area (Å²) >= 11 is 0. The first-order chi connectivity index (χ1) is 16.5. The van der Waals surface area contributed by atoms with E-state index < -0.39 is 0 Å². The number of rotatable bonds is 7. The molecule has 1 saturated carbocycles. The molecule has 5 rings (SSSR count). The summed E-state index contributed by atoms with van der Waals surface area (Å²) in [7, 11) is 0. The number of piperidine rings is 1. The molecule has 7 heteroatoms. The Morgan fingerprint density at radius 2 is 1.74 bits per heavy atom. The lowest BCUT2D eigenvalue weighted by molar-refractivity contribution is -0.122. The van der Waals surface area contributed by atoms with Gasteiger partial charge in [0.2, 0.25) is 0 Å². The van der Waals surface area contributed by atoms with Gasteiger partial charge in [-0.3, -0.25) is 19.7 Å². The molecule has 1 aliphatic carbocycles. The van der Waals surface area contributed by atoms with Crippen LogP contribution in [0, 0.1) is 5.92 Å². The van der Waals surface area contributed by atoms with Crippen LogP contribution >= 0.6 is 0 Å². The molecule has 2 fully saturated rings. The predicted molar refractivity (Wildman–Crippen MR) is 135 cm³/mol. The summed E-state index contributed by atoms with van der Waals surface area (Å²) < 4.78 is 0. The van der Waals surface area contributed by atoms with E-state index in [4.69, 9.17) is 4.98 Å². The van der Waals surface area contributed by atoms with E-state index in [2.05, 4.69) is 39.0 Å². The molecular formula is C27H34N6O. The smallest absolute Gasteiger partial charge is 0.145 e. The van der Waals surface area contributed by atoms with Crippen molar-refractivity contribution in [3.05, 3.63) is 42.6 Å². The molecule has 0 amide bonds. The van der Waals surface area contributed by atoms with Gasteiger partial charge in [-0.1, -0.05) is 12.8 Å². The number of aromatic nitrogens is 4. The summed E-state index contributed by atoms with van der Waals surface area (Å²) in [5.41, 5.74) is 2.35. The van der Waals surface area contributed by atoms with Gasteiger partial charge in [0.05, 0.1) is 18.1 Å². The third kappa shape index (κ3) is 5.25. The molecule has 2 aliphatic rings. The number of fused-ring (bicyclic) bond motifs is 1. The molecule has 1 N–H and O–H groups in total. The van der Waals surface area contributed by atoms with Crippen molar-refractivity contribution < 1.29 is 4.79 Å². The highest BCUT2D eigenvalue weighted by molar-refractivity contribution is 5.87. The van der Waals surface area contributed by atoms with Crippen molar-refractivity contribution in [2.75, 3.05) is 18.4 Å². The molecule has 0 atom stereocenters. The molecule has 34 heavy (non-hydrogen) atoms. The van der Waals surface area contributed by atoms with E-state index in [1.54, 1.807) is 12.4 Å². The molecule has 178 valence electrons. The van der Waals surface area contributed by atoms with Crippen molar-refractivity contribution in [2.45, 2.75) is 70.9 Å². The Balaban J connectivity index is 1.30. The standard InChI is InChI=1S/C27H34N6O/c1-18(2)33-9-7-22(8-10-33)31-27-17-28-16-25(32-27)24-12-20-11-23(29-14-21(20)15-30-24)13-26(34)19-5-3-4-6-19/h11-12,14-19,22H,3-10,13H2,1-2H3,(H,31,32). The van der Waals surface area contributed by atoms with Gasteiger partial charge in [0.1, 0.15) is 17.3 Å². The second-order valence-electron chi connectivity index (χ2n) is 10.1. The Kier molecular flexibility index (Phi) is 6.81. The van der Waals surface area contributed by atoms with E-state index in [-0.39, 0.29) is 5.92 Å². The maximum absolute atomic E-state index is 12.6. The Hall–Kier alpha value is -2.93. The van der Waals surface area contributed by atoms with Crippen LogP contribution in [-0.2, 0) is 11.2 Å². The van der Waals surface area contributed by atoms with Gasteiger partial charge in [-0.05, 0) is 57.0 Å². The average molecular weight is 459 g/mol. The first kappa shape index (κ1) is 22.8. The van der Waals surface area contributed by atoms with Crippen LogP contribution in [0.5, 0.6) is 0 Å². The van der Waals surface area contributed by atoms with Crippen LogP contribution in [0.15, 0.2) is 36.9 Å². The zero-order valence-electron chi connectivity index (χ0n) is 20.2. The molecule has 0 spiro atoms. The summed E-state index contributed by atoms with van der Waals surface area (Å²) in [5, 5.41) is 5.55. The quantitative estimate of drug-likeness (QED) is 0.551. The Bertz CT molecular complexity index is 1150. The maximum atomic E-state index is 12.6. The van der Waals surface area contributed by atoms with Gasteiger partial charge in [0, 0.05) is 61.0 Å². The van der Waals surface area contributed by atoms with Crippen LogP contribution in [-0.4, -0.2) is 55.8 Å². The lowest BCUT2D eigenvalue weighted by atomic mass is 9.98. The molecule has 7 nitrogen and oxygen atoms in total. The summed E-state index contributed by atoms with van der Waals surface area (Å²) in [6.07, 6.45) is 14.2. The third-order valence-corrected chi connectivity index (χ3v) is 7.33. The van der Waals surface area contributed by atoms with Crippen LogP contribution in [0.3, 0.4) is 0 Å². The lowest BCUT2D eigenvalue weighted by Crippen LogP contribution is -2.42. The van der Waals surface area contributed by atoms with Crippen LogP contribution in [0.25, 0.3) is 22.2 Å². The van der Waals surface area contributed by atoms with E-state index in [1.165, 1.54) is 12.8 Å². The number of nitrogens with one attached hydrogen (secondary N) is 1. The number of hydrogen-bond acceptors (Lipinski definition) is 7. The van der Waals surface area contributed by atoms with E-state index in [9.17, 15) is 4.79 Å². The van der Waals surface area contributed by atoms with Crippen LogP contribution < -0.4 is 5.32 Å². The molecule has 0 unspecified atom stereocenters. The maximum Gasteiger partial charge on any atom is 0.145 e. The first-order valence-electron chi connectivity index (χ1n) is 12.7. The summed E-state index contributed by atoms with van der Waals surface area (Å²) in [6, 6.07) is 5.05. The van der Waals surface area contributed by atoms with Gasteiger partial charge in [-0.2, -0.15) is 0 Å². The van der Waals surface area contributed by atoms with Crippen molar-refractivity contribution in [1.82, 2.24) is 24.8 Å². The normalized spacial score (nSPS) is 18.1. The number of carbonyl (C=O) groups is 1.